The fourth-order valence-corrected chi connectivity index (χ4v) is 5.21. The van der Waals surface area contributed by atoms with Gasteiger partial charge in [-0.3, -0.25) is 4.79 Å². The molecule has 0 bridgehead atoms. The van der Waals surface area contributed by atoms with Gasteiger partial charge in [-0.2, -0.15) is 4.31 Å². The van der Waals surface area contributed by atoms with Crippen molar-refractivity contribution in [3.05, 3.63) is 47.2 Å². The predicted molar refractivity (Wildman–Crippen MR) is 115 cm³/mol. The van der Waals surface area contributed by atoms with Gasteiger partial charge >= 0.3 is 0 Å². The Morgan fingerprint density at radius 2 is 2.10 bits per heavy atom. The molecule has 1 amide bonds. The number of nitrogens with zero attached hydrogens (tertiary/aromatic N) is 3. The van der Waals surface area contributed by atoms with Crippen LogP contribution in [0.2, 0.25) is 0 Å². The van der Waals surface area contributed by atoms with Crippen molar-refractivity contribution < 1.29 is 22.1 Å². The number of sulfonamides is 1. The van der Waals surface area contributed by atoms with Gasteiger partial charge in [0.2, 0.25) is 15.9 Å². The third-order valence-electron chi connectivity index (χ3n) is 5.15. The number of halogens is 1. The molecule has 1 aliphatic rings. The van der Waals surface area contributed by atoms with E-state index < -0.39 is 21.8 Å². The number of aromatic nitrogens is 1. The number of carbonyl (C=O) groups is 1. The third-order valence-corrected chi connectivity index (χ3v) is 7.17. The van der Waals surface area contributed by atoms with Gasteiger partial charge in [0.25, 0.3) is 0 Å². The van der Waals surface area contributed by atoms with Gasteiger partial charge in [-0.25, -0.2) is 12.8 Å². The van der Waals surface area contributed by atoms with Crippen LogP contribution in [0.15, 0.2) is 33.8 Å². The molecule has 31 heavy (non-hydrogen) atoms. The first-order valence-corrected chi connectivity index (χ1v) is 11.4. The minimum absolute atomic E-state index is 0.00673. The molecule has 1 aromatic carbocycles. The number of hydrogen-bond acceptors (Lipinski definition) is 6. The van der Waals surface area contributed by atoms with Gasteiger partial charge in [0.05, 0.1) is 5.92 Å². The first-order chi connectivity index (χ1) is 14.6. The van der Waals surface area contributed by atoms with Gasteiger partial charge in [-0.05, 0) is 44.4 Å². The number of anilines is 1. The first-order valence-electron chi connectivity index (χ1n) is 9.97. The Morgan fingerprint density at radius 3 is 2.77 bits per heavy atom. The maximum Gasteiger partial charge on any atom is 0.248 e. The second kappa shape index (κ2) is 9.19. The van der Waals surface area contributed by atoms with E-state index in [1.807, 2.05) is 14.1 Å². The van der Waals surface area contributed by atoms with Crippen molar-refractivity contribution in [1.82, 2.24) is 14.4 Å². The van der Waals surface area contributed by atoms with E-state index in [-0.39, 0.29) is 28.8 Å². The van der Waals surface area contributed by atoms with E-state index in [4.69, 9.17) is 4.52 Å². The summed E-state index contributed by atoms with van der Waals surface area (Å²) in [5, 5.41) is 6.51. The smallest absolute Gasteiger partial charge is 0.248 e. The number of aryl methyl sites for hydroxylation is 2. The quantitative estimate of drug-likeness (QED) is 0.727. The minimum Gasteiger partial charge on any atom is -0.383 e. The zero-order chi connectivity index (χ0) is 22.8. The molecule has 1 aromatic heterocycles. The second-order valence-electron chi connectivity index (χ2n) is 7.90. The topological polar surface area (TPSA) is 95.8 Å². The Balaban J connectivity index is 1.79. The van der Waals surface area contributed by atoms with E-state index in [0.29, 0.717) is 30.6 Å². The Hall–Kier alpha value is -2.72. The second-order valence-corrected chi connectivity index (χ2v) is 9.77. The number of piperidine rings is 1. The number of amides is 1. The summed E-state index contributed by atoms with van der Waals surface area (Å²) in [6, 6.07) is 4.46. The molecule has 8 nitrogen and oxygen atoms in total. The zero-order valence-electron chi connectivity index (χ0n) is 18.1. The molecule has 168 valence electrons. The molecule has 1 N–H and O–H groups in total. The summed E-state index contributed by atoms with van der Waals surface area (Å²) in [7, 11) is -0.298. The van der Waals surface area contributed by atoms with Crippen molar-refractivity contribution in [3.8, 4) is 0 Å². The lowest BCUT2D eigenvalue weighted by Gasteiger charge is -2.31. The third kappa shape index (κ3) is 5.13. The van der Waals surface area contributed by atoms with E-state index in [2.05, 4.69) is 10.5 Å². The fourth-order valence-electron chi connectivity index (χ4n) is 3.43. The Morgan fingerprint density at radius 1 is 1.35 bits per heavy atom. The molecule has 0 radical (unpaired) electrons. The van der Waals surface area contributed by atoms with Crippen molar-refractivity contribution in [2.75, 3.05) is 32.5 Å². The van der Waals surface area contributed by atoms with Gasteiger partial charge in [0.15, 0.2) is 10.7 Å². The van der Waals surface area contributed by atoms with E-state index >= 15 is 0 Å². The van der Waals surface area contributed by atoms with Gasteiger partial charge in [-0.1, -0.05) is 11.2 Å². The highest BCUT2D eigenvalue weighted by atomic mass is 32.2. The van der Waals surface area contributed by atoms with Crippen LogP contribution < -0.4 is 5.32 Å². The Labute approximate surface area is 181 Å². The van der Waals surface area contributed by atoms with Crippen molar-refractivity contribution in [1.29, 1.82) is 0 Å². The number of rotatable bonds is 6. The summed E-state index contributed by atoms with van der Waals surface area (Å²) in [5.74, 6) is -1.15. The normalized spacial score (nSPS) is 17.8. The lowest BCUT2D eigenvalue weighted by Crippen LogP contribution is -2.43. The monoisotopic (exact) mass is 450 g/mol. The van der Waals surface area contributed by atoms with Crippen LogP contribution in [0.1, 0.15) is 29.9 Å². The molecule has 10 heteroatoms. The molecular formula is C21H27FN4O4S. The van der Waals surface area contributed by atoms with Crippen LogP contribution in [0.3, 0.4) is 0 Å². The molecule has 2 heterocycles. The van der Waals surface area contributed by atoms with Crippen LogP contribution in [-0.2, 0) is 14.8 Å². The van der Waals surface area contributed by atoms with Crippen LogP contribution in [0, 0.1) is 25.6 Å². The lowest BCUT2D eigenvalue weighted by molar-refractivity contribution is -0.120. The maximum atomic E-state index is 13.8. The Kier molecular flexibility index (Phi) is 6.80. The van der Waals surface area contributed by atoms with Crippen molar-refractivity contribution >= 4 is 27.7 Å². The predicted octanol–water partition coefficient (Wildman–Crippen LogP) is 3.00. The molecule has 1 saturated heterocycles. The van der Waals surface area contributed by atoms with E-state index in [1.54, 1.807) is 43.2 Å². The summed E-state index contributed by atoms with van der Waals surface area (Å²) in [6.45, 7) is 3.54. The number of benzene rings is 1. The Bertz CT molecular complexity index is 1090. The standard InChI is InChI=1S/C21H27FN4O4S/c1-14-7-8-17(12-18(14)22)23-21(27)16-6-5-10-26(13-16)31(28,29)20-15(2)24-30-19(20)9-11-25(3)4/h7-9,11-12,16H,5-6,10,13H2,1-4H3,(H,23,27)/b11-9+. The van der Waals surface area contributed by atoms with Crippen LogP contribution in [0.25, 0.3) is 6.08 Å². The zero-order valence-corrected chi connectivity index (χ0v) is 18.9. The van der Waals surface area contributed by atoms with E-state index in [9.17, 15) is 17.6 Å². The molecule has 1 unspecified atom stereocenters. The average Bonchev–Trinajstić information content (AvgIpc) is 3.10. The molecule has 0 aliphatic carbocycles. The van der Waals surface area contributed by atoms with Gasteiger partial charge in [0.1, 0.15) is 11.5 Å². The fraction of sp³-hybridized carbons (Fsp3) is 0.429. The van der Waals surface area contributed by atoms with Gasteiger partial charge in [0, 0.05) is 45.1 Å². The summed E-state index contributed by atoms with van der Waals surface area (Å²) in [6.07, 6.45) is 4.30. The summed E-state index contributed by atoms with van der Waals surface area (Å²) in [5.41, 5.74) is 1.09. The molecule has 1 aliphatic heterocycles. The van der Waals surface area contributed by atoms with Gasteiger partial charge in [-0.15, -0.1) is 0 Å². The van der Waals surface area contributed by atoms with Crippen LogP contribution in [0.5, 0.6) is 0 Å². The maximum absolute atomic E-state index is 13.8. The highest BCUT2D eigenvalue weighted by Crippen LogP contribution is 2.29. The lowest BCUT2D eigenvalue weighted by atomic mass is 9.98. The first kappa shape index (κ1) is 23.0. The van der Waals surface area contributed by atoms with Crippen LogP contribution >= 0.6 is 0 Å². The molecule has 0 spiro atoms. The SMILES string of the molecule is Cc1ccc(NC(=O)C2CCCN(S(=O)(=O)c3c(C)noc3/C=C/N(C)C)C2)cc1F. The van der Waals surface area contributed by atoms with Crippen LogP contribution in [-0.4, -0.2) is 55.9 Å². The number of carbonyl (C=O) groups excluding carboxylic acids is 1. The summed E-state index contributed by atoms with van der Waals surface area (Å²) in [4.78, 5) is 14.5. The van der Waals surface area contributed by atoms with Crippen molar-refractivity contribution in [2.24, 2.45) is 5.92 Å². The molecule has 1 fully saturated rings. The van der Waals surface area contributed by atoms with Crippen LogP contribution in [0.4, 0.5) is 10.1 Å². The average molecular weight is 451 g/mol. The van der Waals surface area contributed by atoms with Crippen molar-refractivity contribution in [3.63, 3.8) is 0 Å². The number of hydrogen-bond donors (Lipinski definition) is 1. The van der Waals surface area contributed by atoms with E-state index in [1.165, 1.54) is 10.4 Å². The van der Waals surface area contributed by atoms with Crippen molar-refractivity contribution in [2.45, 2.75) is 31.6 Å². The largest absolute Gasteiger partial charge is 0.383 e. The van der Waals surface area contributed by atoms with E-state index in [0.717, 1.165) is 0 Å². The highest BCUT2D eigenvalue weighted by Gasteiger charge is 2.37. The number of nitrogens with one attached hydrogen (secondary N) is 1. The summed E-state index contributed by atoms with van der Waals surface area (Å²) < 4.78 is 47.0. The highest BCUT2D eigenvalue weighted by molar-refractivity contribution is 7.89. The molecule has 3 rings (SSSR count). The van der Waals surface area contributed by atoms with Gasteiger partial charge < -0.3 is 14.7 Å². The molecular weight excluding hydrogens is 423 g/mol. The minimum atomic E-state index is -3.91. The summed E-state index contributed by atoms with van der Waals surface area (Å²) >= 11 is 0. The molecule has 0 saturated carbocycles. The molecule has 1 atom stereocenters. The molecule has 2 aromatic rings.